The summed E-state index contributed by atoms with van der Waals surface area (Å²) in [5.74, 6) is -0.158. The lowest BCUT2D eigenvalue weighted by Gasteiger charge is -2.30. The van der Waals surface area contributed by atoms with Crippen LogP contribution in [0.5, 0.6) is 5.75 Å². The standard InChI is InChI=1S/C16H18FNO2/c1-11-7-13(17)9-14(8-11)18-16(2,10-19)12-3-5-15(20)6-4-12/h3-9,18-20H,10H2,1-2H3. The number of aliphatic hydroxyl groups is 1. The van der Waals surface area contributed by atoms with Crippen molar-refractivity contribution in [2.45, 2.75) is 19.4 Å². The normalized spacial score (nSPS) is 13.8. The summed E-state index contributed by atoms with van der Waals surface area (Å²) in [5, 5.41) is 22.2. The maximum atomic E-state index is 13.4. The van der Waals surface area contributed by atoms with Crippen molar-refractivity contribution in [3.05, 3.63) is 59.4 Å². The minimum absolute atomic E-state index is 0.159. The summed E-state index contributed by atoms with van der Waals surface area (Å²) in [6.45, 7) is 3.47. The summed E-state index contributed by atoms with van der Waals surface area (Å²) in [6.07, 6.45) is 0. The van der Waals surface area contributed by atoms with Crippen molar-refractivity contribution in [2.75, 3.05) is 11.9 Å². The van der Waals surface area contributed by atoms with Gasteiger partial charge in [-0.1, -0.05) is 12.1 Å². The molecule has 2 rings (SSSR count). The quantitative estimate of drug-likeness (QED) is 0.803. The largest absolute Gasteiger partial charge is 0.508 e. The number of aryl methyl sites for hydroxylation is 1. The maximum Gasteiger partial charge on any atom is 0.125 e. The summed E-state index contributed by atoms with van der Waals surface area (Å²) in [4.78, 5) is 0. The molecule has 0 aromatic heterocycles. The predicted octanol–water partition coefficient (Wildman–Crippen LogP) is 3.16. The van der Waals surface area contributed by atoms with Crippen molar-refractivity contribution in [3.63, 3.8) is 0 Å². The van der Waals surface area contributed by atoms with Crippen LogP contribution < -0.4 is 5.32 Å². The van der Waals surface area contributed by atoms with Crippen LogP contribution in [0.15, 0.2) is 42.5 Å². The summed E-state index contributed by atoms with van der Waals surface area (Å²) in [7, 11) is 0. The number of halogens is 1. The van der Waals surface area contributed by atoms with Crippen molar-refractivity contribution >= 4 is 5.69 Å². The number of hydrogen-bond donors (Lipinski definition) is 3. The fourth-order valence-corrected chi connectivity index (χ4v) is 2.16. The Balaban J connectivity index is 2.33. The van der Waals surface area contributed by atoms with Crippen molar-refractivity contribution in [2.24, 2.45) is 0 Å². The number of hydrogen-bond acceptors (Lipinski definition) is 3. The van der Waals surface area contributed by atoms with Crippen LogP contribution in [0.25, 0.3) is 0 Å². The first kappa shape index (κ1) is 14.3. The van der Waals surface area contributed by atoms with Gasteiger partial charge in [-0.25, -0.2) is 4.39 Å². The molecule has 0 heterocycles. The van der Waals surface area contributed by atoms with E-state index in [4.69, 9.17) is 0 Å². The second kappa shape index (κ2) is 5.51. The molecule has 0 fully saturated rings. The molecular weight excluding hydrogens is 257 g/mol. The minimum Gasteiger partial charge on any atom is -0.508 e. The number of anilines is 1. The monoisotopic (exact) mass is 275 g/mol. The van der Waals surface area contributed by atoms with Gasteiger partial charge >= 0.3 is 0 Å². The Bertz CT molecular complexity index is 578. The minimum atomic E-state index is -0.756. The molecule has 3 N–H and O–H groups in total. The second-order valence-corrected chi connectivity index (χ2v) is 5.18. The Morgan fingerprint density at radius 1 is 1.15 bits per heavy atom. The molecule has 0 amide bonds. The zero-order valence-corrected chi connectivity index (χ0v) is 11.5. The molecular formula is C16H18FNO2. The summed E-state index contributed by atoms with van der Waals surface area (Å²) < 4.78 is 13.4. The van der Waals surface area contributed by atoms with Gasteiger partial charge in [0.05, 0.1) is 12.1 Å². The number of aliphatic hydroxyl groups excluding tert-OH is 1. The number of phenols is 1. The smallest absolute Gasteiger partial charge is 0.125 e. The second-order valence-electron chi connectivity index (χ2n) is 5.18. The zero-order chi connectivity index (χ0) is 14.8. The highest BCUT2D eigenvalue weighted by Gasteiger charge is 2.25. The lowest BCUT2D eigenvalue weighted by molar-refractivity contribution is 0.224. The Labute approximate surface area is 117 Å². The van der Waals surface area contributed by atoms with Gasteiger partial charge in [0.15, 0.2) is 0 Å². The zero-order valence-electron chi connectivity index (χ0n) is 11.5. The summed E-state index contributed by atoms with van der Waals surface area (Å²) in [6, 6.07) is 11.2. The molecule has 0 aliphatic heterocycles. The highest BCUT2D eigenvalue weighted by molar-refractivity contribution is 5.50. The van der Waals surface area contributed by atoms with E-state index >= 15 is 0 Å². The molecule has 0 aliphatic carbocycles. The molecule has 1 unspecified atom stereocenters. The molecule has 2 aromatic carbocycles. The molecule has 1 atom stereocenters. The summed E-state index contributed by atoms with van der Waals surface area (Å²) >= 11 is 0. The molecule has 20 heavy (non-hydrogen) atoms. The van der Waals surface area contributed by atoms with E-state index in [0.29, 0.717) is 5.69 Å². The van der Waals surface area contributed by atoms with E-state index in [1.807, 2.05) is 19.9 Å². The number of nitrogens with one attached hydrogen (secondary N) is 1. The van der Waals surface area contributed by atoms with E-state index in [-0.39, 0.29) is 18.2 Å². The van der Waals surface area contributed by atoms with Crippen LogP contribution in [0.2, 0.25) is 0 Å². The lowest BCUT2D eigenvalue weighted by atomic mass is 9.92. The fraction of sp³-hybridized carbons (Fsp3) is 0.250. The molecule has 0 saturated heterocycles. The van der Waals surface area contributed by atoms with Gasteiger partial charge in [0, 0.05) is 5.69 Å². The van der Waals surface area contributed by atoms with Crippen molar-refractivity contribution in [1.82, 2.24) is 0 Å². The van der Waals surface area contributed by atoms with Crippen LogP contribution in [0.1, 0.15) is 18.1 Å². The third-order valence-electron chi connectivity index (χ3n) is 3.28. The first-order valence-corrected chi connectivity index (χ1v) is 6.39. The third kappa shape index (κ3) is 3.08. The van der Waals surface area contributed by atoms with Crippen molar-refractivity contribution in [3.8, 4) is 5.75 Å². The van der Waals surface area contributed by atoms with E-state index in [9.17, 15) is 14.6 Å². The highest BCUT2D eigenvalue weighted by Crippen LogP contribution is 2.28. The predicted molar refractivity (Wildman–Crippen MR) is 77.3 cm³/mol. The topological polar surface area (TPSA) is 52.5 Å². The first-order valence-electron chi connectivity index (χ1n) is 6.39. The first-order chi connectivity index (χ1) is 9.43. The molecule has 106 valence electrons. The van der Waals surface area contributed by atoms with Crippen LogP contribution >= 0.6 is 0 Å². The molecule has 3 nitrogen and oxygen atoms in total. The van der Waals surface area contributed by atoms with Crippen LogP contribution in [0, 0.1) is 12.7 Å². The van der Waals surface area contributed by atoms with Gasteiger partial charge in [0.25, 0.3) is 0 Å². The number of aromatic hydroxyl groups is 1. The maximum absolute atomic E-state index is 13.4. The third-order valence-corrected chi connectivity index (χ3v) is 3.28. The molecule has 0 bridgehead atoms. The van der Waals surface area contributed by atoms with E-state index in [1.165, 1.54) is 12.1 Å². The van der Waals surface area contributed by atoms with Crippen molar-refractivity contribution in [1.29, 1.82) is 0 Å². The number of rotatable bonds is 4. The number of benzene rings is 2. The van der Waals surface area contributed by atoms with E-state index in [1.54, 1.807) is 24.3 Å². The van der Waals surface area contributed by atoms with Gasteiger partial charge in [-0.15, -0.1) is 0 Å². The van der Waals surface area contributed by atoms with Gasteiger partial charge in [-0.3, -0.25) is 0 Å². The van der Waals surface area contributed by atoms with Crippen LogP contribution in [0.4, 0.5) is 10.1 Å². The molecule has 4 heteroatoms. The van der Waals surface area contributed by atoms with E-state index in [2.05, 4.69) is 5.32 Å². The van der Waals surface area contributed by atoms with Crippen LogP contribution in [0.3, 0.4) is 0 Å². The Kier molecular flexibility index (Phi) is 3.95. The average Bonchev–Trinajstić information content (AvgIpc) is 2.38. The van der Waals surface area contributed by atoms with Crippen molar-refractivity contribution < 1.29 is 14.6 Å². The van der Waals surface area contributed by atoms with Gasteiger partial charge in [0.1, 0.15) is 11.6 Å². The molecule has 0 radical (unpaired) electrons. The van der Waals surface area contributed by atoms with Gasteiger partial charge in [0.2, 0.25) is 0 Å². The lowest BCUT2D eigenvalue weighted by Crippen LogP contribution is -2.35. The van der Waals surface area contributed by atoms with Crippen LogP contribution in [-0.4, -0.2) is 16.8 Å². The fourth-order valence-electron chi connectivity index (χ4n) is 2.16. The molecule has 0 spiro atoms. The molecule has 2 aromatic rings. The highest BCUT2D eigenvalue weighted by atomic mass is 19.1. The average molecular weight is 275 g/mol. The van der Waals surface area contributed by atoms with E-state index < -0.39 is 5.54 Å². The van der Waals surface area contributed by atoms with E-state index in [0.717, 1.165) is 11.1 Å². The van der Waals surface area contributed by atoms with Gasteiger partial charge in [-0.05, 0) is 55.3 Å². The molecule has 0 aliphatic rings. The Morgan fingerprint density at radius 2 is 1.80 bits per heavy atom. The van der Waals surface area contributed by atoms with Gasteiger partial charge in [-0.2, -0.15) is 0 Å². The number of phenolic OH excluding ortho intramolecular Hbond substituents is 1. The Hall–Kier alpha value is -2.07. The SMILES string of the molecule is Cc1cc(F)cc(NC(C)(CO)c2ccc(O)cc2)c1. The summed E-state index contributed by atoms with van der Waals surface area (Å²) in [5.41, 5.74) is 1.46. The Morgan fingerprint density at radius 3 is 2.35 bits per heavy atom. The van der Waals surface area contributed by atoms with Crippen LogP contribution in [-0.2, 0) is 5.54 Å². The molecule has 0 saturated carbocycles. The van der Waals surface area contributed by atoms with Gasteiger partial charge < -0.3 is 15.5 Å².